The van der Waals surface area contributed by atoms with Gasteiger partial charge in [0, 0.05) is 22.5 Å². The van der Waals surface area contributed by atoms with Crippen molar-refractivity contribution in [1.29, 1.82) is 0 Å². The normalized spacial score (nSPS) is 10.9. The Morgan fingerprint density at radius 1 is 1.12 bits per heavy atom. The molecule has 0 radical (unpaired) electrons. The van der Waals surface area contributed by atoms with Crippen LogP contribution in [0.15, 0.2) is 36.1 Å². The first-order valence-corrected chi connectivity index (χ1v) is 6.38. The highest BCUT2D eigenvalue weighted by molar-refractivity contribution is 7.17. The van der Waals surface area contributed by atoms with E-state index < -0.39 is 0 Å². The minimum Gasteiger partial charge on any atom is -0.244 e. The Balaban J connectivity index is 2.24. The fourth-order valence-corrected chi connectivity index (χ4v) is 2.80. The van der Waals surface area contributed by atoms with Gasteiger partial charge in [-0.3, -0.25) is 0 Å². The largest absolute Gasteiger partial charge is 0.244 e. The summed E-state index contributed by atoms with van der Waals surface area (Å²) < 4.78 is 0. The number of thiophene rings is 1. The highest BCUT2D eigenvalue weighted by Gasteiger charge is 2.07. The number of nitrogens with zero attached hydrogens (tertiary/aromatic N) is 2. The summed E-state index contributed by atoms with van der Waals surface area (Å²) >= 11 is 1.67. The zero-order valence-corrected chi connectivity index (χ0v) is 10.6. The molecule has 3 rings (SSSR count). The van der Waals surface area contributed by atoms with E-state index in [-0.39, 0.29) is 0 Å². The summed E-state index contributed by atoms with van der Waals surface area (Å²) in [6.07, 6.45) is 3.49. The summed E-state index contributed by atoms with van der Waals surface area (Å²) in [6.45, 7) is 4.28. The second-order valence-corrected chi connectivity index (χ2v) is 5.05. The summed E-state index contributed by atoms with van der Waals surface area (Å²) in [5, 5.41) is 3.30. The van der Waals surface area contributed by atoms with E-state index in [1.807, 2.05) is 6.20 Å². The van der Waals surface area contributed by atoms with Gasteiger partial charge < -0.3 is 0 Å². The standard InChI is InChI=1S/C14H12N2S/c1-9-3-4-11(5-10(9)2)13-7-17-14-12(13)6-15-8-16-14/h3-8H,1-2H3. The maximum absolute atomic E-state index is 4.27. The van der Waals surface area contributed by atoms with E-state index >= 15 is 0 Å². The lowest BCUT2D eigenvalue weighted by Gasteiger charge is -2.04. The molecule has 17 heavy (non-hydrogen) atoms. The fourth-order valence-electron chi connectivity index (χ4n) is 1.91. The van der Waals surface area contributed by atoms with E-state index in [4.69, 9.17) is 0 Å². The third-order valence-electron chi connectivity index (χ3n) is 3.07. The third-order valence-corrected chi connectivity index (χ3v) is 3.97. The number of hydrogen-bond donors (Lipinski definition) is 0. The van der Waals surface area contributed by atoms with Crippen molar-refractivity contribution in [2.75, 3.05) is 0 Å². The molecule has 0 spiro atoms. The Morgan fingerprint density at radius 2 is 2.00 bits per heavy atom. The predicted molar refractivity (Wildman–Crippen MR) is 72.3 cm³/mol. The SMILES string of the molecule is Cc1ccc(-c2csc3ncncc23)cc1C. The van der Waals surface area contributed by atoms with Gasteiger partial charge in [0.05, 0.1) is 0 Å². The monoisotopic (exact) mass is 240 g/mol. The number of fused-ring (bicyclic) bond motifs is 1. The maximum atomic E-state index is 4.27. The minimum atomic E-state index is 1.05. The summed E-state index contributed by atoms with van der Waals surface area (Å²) in [5.41, 5.74) is 5.12. The lowest BCUT2D eigenvalue weighted by atomic mass is 10.0. The molecule has 3 aromatic rings. The molecule has 0 saturated carbocycles. The van der Waals surface area contributed by atoms with Crippen molar-refractivity contribution < 1.29 is 0 Å². The Labute approximate surface area is 104 Å². The summed E-state index contributed by atoms with van der Waals surface area (Å²) in [7, 11) is 0. The minimum absolute atomic E-state index is 1.05. The van der Waals surface area contributed by atoms with E-state index in [1.54, 1.807) is 17.7 Å². The molecule has 0 aliphatic rings. The van der Waals surface area contributed by atoms with E-state index in [2.05, 4.69) is 47.4 Å². The molecule has 0 fully saturated rings. The van der Waals surface area contributed by atoms with Crippen LogP contribution < -0.4 is 0 Å². The van der Waals surface area contributed by atoms with Gasteiger partial charge in [0.2, 0.25) is 0 Å². The third kappa shape index (κ3) is 1.72. The van der Waals surface area contributed by atoms with Crippen LogP contribution in [0.1, 0.15) is 11.1 Å². The first-order chi connectivity index (χ1) is 8.25. The molecule has 0 unspecified atom stereocenters. The Bertz CT molecular complexity index is 686. The second-order valence-electron chi connectivity index (χ2n) is 4.19. The molecule has 0 bridgehead atoms. The van der Waals surface area contributed by atoms with Crippen LogP contribution in [0.2, 0.25) is 0 Å². The molecule has 0 saturated heterocycles. The van der Waals surface area contributed by atoms with Crippen LogP contribution in [0.3, 0.4) is 0 Å². The zero-order valence-electron chi connectivity index (χ0n) is 9.77. The highest BCUT2D eigenvalue weighted by Crippen LogP contribution is 2.32. The van der Waals surface area contributed by atoms with Crippen molar-refractivity contribution in [1.82, 2.24) is 9.97 Å². The lowest BCUT2D eigenvalue weighted by Crippen LogP contribution is -1.83. The maximum Gasteiger partial charge on any atom is 0.127 e. The van der Waals surface area contributed by atoms with Crippen molar-refractivity contribution >= 4 is 21.6 Å². The predicted octanol–water partition coefficient (Wildman–Crippen LogP) is 3.98. The van der Waals surface area contributed by atoms with Crippen molar-refractivity contribution in [3.8, 4) is 11.1 Å². The number of aromatic nitrogens is 2. The molecule has 1 aromatic carbocycles. The molecular formula is C14H12N2S. The van der Waals surface area contributed by atoms with E-state index in [9.17, 15) is 0 Å². The number of hydrogen-bond acceptors (Lipinski definition) is 3. The van der Waals surface area contributed by atoms with Gasteiger partial charge in [0.15, 0.2) is 0 Å². The average molecular weight is 240 g/mol. The molecule has 0 atom stereocenters. The van der Waals surface area contributed by atoms with E-state index in [0.29, 0.717) is 0 Å². The molecule has 0 amide bonds. The van der Waals surface area contributed by atoms with Crippen molar-refractivity contribution in [2.24, 2.45) is 0 Å². The smallest absolute Gasteiger partial charge is 0.127 e. The van der Waals surface area contributed by atoms with Gasteiger partial charge in [-0.2, -0.15) is 0 Å². The van der Waals surface area contributed by atoms with Crippen LogP contribution >= 0.6 is 11.3 Å². The molecule has 3 heteroatoms. The number of aryl methyl sites for hydroxylation is 2. The van der Waals surface area contributed by atoms with Crippen LogP contribution in [0.5, 0.6) is 0 Å². The van der Waals surface area contributed by atoms with Gasteiger partial charge in [-0.15, -0.1) is 11.3 Å². The van der Waals surface area contributed by atoms with Gasteiger partial charge in [-0.1, -0.05) is 18.2 Å². The summed E-state index contributed by atoms with van der Waals surface area (Å²) in [5.74, 6) is 0. The van der Waals surface area contributed by atoms with Crippen molar-refractivity contribution in [2.45, 2.75) is 13.8 Å². The van der Waals surface area contributed by atoms with Crippen molar-refractivity contribution in [3.05, 3.63) is 47.2 Å². The van der Waals surface area contributed by atoms with Gasteiger partial charge >= 0.3 is 0 Å². The second kappa shape index (κ2) is 3.93. The molecule has 2 nitrogen and oxygen atoms in total. The lowest BCUT2D eigenvalue weighted by molar-refractivity contribution is 1.23. The zero-order chi connectivity index (χ0) is 11.8. The topological polar surface area (TPSA) is 25.8 Å². The van der Waals surface area contributed by atoms with E-state index in [1.165, 1.54) is 22.3 Å². The molecule has 2 heterocycles. The molecule has 2 aromatic heterocycles. The number of rotatable bonds is 1. The first-order valence-electron chi connectivity index (χ1n) is 5.50. The summed E-state index contributed by atoms with van der Waals surface area (Å²) in [6, 6.07) is 6.55. The molecule has 0 N–H and O–H groups in total. The Hall–Kier alpha value is -1.74. The molecule has 0 aliphatic heterocycles. The molecule has 0 aliphatic carbocycles. The van der Waals surface area contributed by atoms with Crippen LogP contribution in [0, 0.1) is 13.8 Å². The highest BCUT2D eigenvalue weighted by atomic mass is 32.1. The average Bonchev–Trinajstić information content (AvgIpc) is 2.76. The summed E-state index contributed by atoms with van der Waals surface area (Å²) in [4.78, 5) is 9.43. The van der Waals surface area contributed by atoms with Crippen LogP contribution in [0.4, 0.5) is 0 Å². The fraction of sp³-hybridized carbons (Fsp3) is 0.143. The van der Waals surface area contributed by atoms with E-state index in [0.717, 1.165) is 10.2 Å². The van der Waals surface area contributed by atoms with Gasteiger partial charge in [0.25, 0.3) is 0 Å². The van der Waals surface area contributed by atoms with Gasteiger partial charge in [0.1, 0.15) is 11.2 Å². The van der Waals surface area contributed by atoms with Gasteiger partial charge in [-0.05, 0) is 30.5 Å². The van der Waals surface area contributed by atoms with Gasteiger partial charge in [-0.25, -0.2) is 9.97 Å². The van der Waals surface area contributed by atoms with Crippen molar-refractivity contribution in [3.63, 3.8) is 0 Å². The van der Waals surface area contributed by atoms with Crippen LogP contribution in [-0.2, 0) is 0 Å². The Morgan fingerprint density at radius 3 is 2.82 bits per heavy atom. The first kappa shape index (κ1) is 10.4. The molecular weight excluding hydrogens is 228 g/mol. The van der Waals surface area contributed by atoms with Crippen LogP contribution in [0.25, 0.3) is 21.3 Å². The quantitative estimate of drug-likeness (QED) is 0.643. The molecule has 84 valence electrons. The Kier molecular flexibility index (Phi) is 2.41. The van der Waals surface area contributed by atoms with Crippen LogP contribution in [-0.4, -0.2) is 9.97 Å². The number of benzene rings is 1.